The first kappa shape index (κ1) is 54.0. The predicted molar refractivity (Wildman–Crippen MR) is 248 cm³/mol. The summed E-state index contributed by atoms with van der Waals surface area (Å²) in [5, 5.41) is 25.9. The first-order chi connectivity index (χ1) is 30.3. The van der Waals surface area contributed by atoms with Gasteiger partial charge >= 0.3 is 11.9 Å². The fraction of sp³-hybridized carbons (Fsp3) is 0.714. The lowest BCUT2D eigenvalue weighted by molar-refractivity contribution is -0.145. The molecule has 0 radical (unpaired) electrons. The second-order valence-electron chi connectivity index (χ2n) is 18.9. The molecule has 1 fully saturated rings. The largest absolute Gasteiger partial charge is 0.481 e. The van der Waals surface area contributed by atoms with Gasteiger partial charge in [0.2, 0.25) is 17.7 Å². The van der Waals surface area contributed by atoms with Crippen LogP contribution in [0.5, 0.6) is 0 Å². The first-order valence-corrected chi connectivity index (χ1v) is 23.5. The number of nitrogens with zero attached hydrogens (tertiary/aromatic N) is 2. The fourth-order valence-electron chi connectivity index (χ4n) is 9.69. The minimum absolute atomic E-state index is 0.0169. The maximum absolute atomic E-state index is 14.2. The molecule has 2 heterocycles. The number of carbonyl (C=O) groups is 6. The van der Waals surface area contributed by atoms with Gasteiger partial charge < -0.3 is 40.2 Å². The van der Waals surface area contributed by atoms with Crippen molar-refractivity contribution in [1.29, 1.82) is 0 Å². The van der Waals surface area contributed by atoms with E-state index in [0.29, 0.717) is 32.4 Å². The number of fused-ring (bicyclic) bond motifs is 1. The molecular weight excluding hydrogens is 819 g/mol. The summed E-state index contributed by atoms with van der Waals surface area (Å²) in [5.41, 5.74) is 1.67. The van der Waals surface area contributed by atoms with Crippen LogP contribution < -0.4 is 10.6 Å². The van der Waals surface area contributed by atoms with Gasteiger partial charge in [-0.3, -0.25) is 28.9 Å². The topological polar surface area (TPSA) is 208 Å². The molecule has 360 valence electrons. The zero-order valence-corrected chi connectivity index (χ0v) is 40.4. The van der Waals surface area contributed by atoms with Gasteiger partial charge in [0.25, 0.3) is 0 Å². The van der Waals surface area contributed by atoms with Crippen LogP contribution in [0.3, 0.4) is 0 Å². The van der Waals surface area contributed by atoms with Crippen molar-refractivity contribution in [1.82, 2.24) is 25.4 Å². The molecule has 0 aliphatic carbocycles. The molecule has 2 aromatic rings. The third-order valence-electron chi connectivity index (χ3n) is 13.6. The van der Waals surface area contributed by atoms with Gasteiger partial charge in [0.05, 0.1) is 42.7 Å². The van der Waals surface area contributed by atoms with Gasteiger partial charge in [0, 0.05) is 56.6 Å². The summed E-state index contributed by atoms with van der Waals surface area (Å²) in [6.45, 7) is 16.6. The van der Waals surface area contributed by atoms with Crippen LogP contribution in [-0.2, 0) is 44.7 Å². The summed E-state index contributed by atoms with van der Waals surface area (Å²) in [6, 6.07) is 4.86. The van der Waals surface area contributed by atoms with E-state index in [0.717, 1.165) is 42.1 Å². The fourth-order valence-corrected chi connectivity index (χ4v) is 9.69. The SMILES string of the molecule is CCC(C)C(CCCC(C)C(=O)C(NC(=O)C(C(C)C)N(C)CCCC(=O)O)C(C)C)C(CC(=O)N1CCCC1C(OC)C(C)C(=O)NC(Cc1c[nH]c2ccccc12)C(=O)O)OC. The Kier molecular flexibility index (Phi) is 21.9. The second kappa shape index (κ2) is 26.0. The number of aromatic amines is 1. The quantitative estimate of drug-likeness (QED) is 0.0610. The molecule has 10 unspecified atom stereocenters. The number of hydrogen-bond donors (Lipinski definition) is 5. The van der Waals surface area contributed by atoms with Crippen LogP contribution in [0.4, 0.5) is 0 Å². The number of Topliss-reactive ketones (excluding diaryl/α,β-unsaturated/α-hetero) is 1. The Bertz CT molecular complexity index is 1830. The van der Waals surface area contributed by atoms with Crippen LogP contribution in [0.1, 0.15) is 119 Å². The summed E-state index contributed by atoms with van der Waals surface area (Å²) < 4.78 is 12.0. The number of carboxylic acids is 2. The molecule has 15 heteroatoms. The van der Waals surface area contributed by atoms with Crippen molar-refractivity contribution in [2.24, 2.45) is 35.5 Å². The number of ketones is 1. The number of para-hydroxylation sites is 1. The normalized spacial score (nSPS) is 18.6. The average Bonchev–Trinajstić information content (AvgIpc) is 3.90. The number of H-pyrrole nitrogens is 1. The van der Waals surface area contributed by atoms with Crippen molar-refractivity contribution in [2.75, 3.05) is 34.4 Å². The number of ether oxygens (including phenoxy) is 2. The number of hydrogen-bond acceptors (Lipinski definition) is 9. The van der Waals surface area contributed by atoms with Crippen molar-refractivity contribution in [3.63, 3.8) is 0 Å². The lowest BCUT2D eigenvalue weighted by Gasteiger charge is -2.36. The molecule has 1 aromatic carbocycles. The molecule has 1 aromatic heterocycles. The van der Waals surface area contributed by atoms with Crippen LogP contribution in [0.2, 0.25) is 0 Å². The number of carbonyl (C=O) groups excluding carboxylic acids is 4. The van der Waals surface area contributed by atoms with Gasteiger partial charge in [-0.1, -0.05) is 86.4 Å². The summed E-state index contributed by atoms with van der Waals surface area (Å²) in [7, 11) is 4.96. The van der Waals surface area contributed by atoms with Crippen LogP contribution in [0.15, 0.2) is 30.5 Å². The monoisotopic (exact) mass is 898 g/mol. The number of nitrogens with one attached hydrogen (secondary N) is 3. The van der Waals surface area contributed by atoms with Crippen LogP contribution in [-0.4, -0.2) is 131 Å². The Labute approximate surface area is 381 Å². The smallest absolute Gasteiger partial charge is 0.326 e. The highest BCUT2D eigenvalue weighted by Crippen LogP contribution is 2.33. The minimum atomic E-state index is -1.16. The summed E-state index contributed by atoms with van der Waals surface area (Å²) >= 11 is 0. The standard InChI is InChI=1S/C49H79N5O10/c1-12-31(6)35(20-15-18-32(7)45(58)43(29(2)3)52-48(60)44(30(4)5)53(9)24-17-23-42(56)57)40(63-10)27-41(55)54-25-16-22-39(54)46(64-11)33(8)47(59)51-38(49(61)62)26-34-28-50-37-21-14-13-19-36(34)37/h13-14,19,21,28-33,35,38-40,43-44,46,50H,12,15-18,20,22-27H2,1-11H3,(H,51,59)(H,52,60)(H,56,57)(H,61,62). The van der Waals surface area contributed by atoms with Crippen molar-refractivity contribution < 1.29 is 48.5 Å². The minimum Gasteiger partial charge on any atom is -0.481 e. The van der Waals surface area contributed by atoms with E-state index in [-0.39, 0.29) is 78.6 Å². The Morgan fingerprint density at radius 1 is 0.906 bits per heavy atom. The van der Waals surface area contributed by atoms with Crippen molar-refractivity contribution in [3.05, 3.63) is 36.0 Å². The number of carboxylic acid groups (broad SMARTS) is 2. The van der Waals surface area contributed by atoms with E-state index in [9.17, 15) is 33.9 Å². The molecule has 1 saturated heterocycles. The highest BCUT2D eigenvalue weighted by atomic mass is 16.5. The Morgan fingerprint density at radius 3 is 2.19 bits per heavy atom. The van der Waals surface area contributed by atoms with E-state index in [1.165, 1.54) is 7.11 Å². The van der Waals surface area contributed by atoms with Crippen molar-refractivity contribution >= 4 is 46.3 Å². The van der Waals surface area contributed by atoms with Gasteiger partial charge in [0.1, 0.15) is 6.04 Å². The van der Waals surface area contributed by atoms with E-state index in [2.05, 4.69) is 29.5 Å². The van der Waals surface area contributed by atoms with E-state index in [1.54, 1.807) is 25.1 Å². The third-order valence-corrected chi connectivity index (χ3v) is 13.6. The average molecular weight is 898 g/mol. The number of likely N-dealkylation sites (N-methyl/N-ethyl adjacent to an activating group) is 1. The maximum Gasteiger partial charge on any atom is 0.326 e. The molecule has 3 rings (SSSR count). The number of benzene rings is 1. The highest BCUT2D eigenvalue weighted by molar-refractivity contribution is 5.92. The Morgan fingerprint density at radius 2 is 1.59 bits per heavy atom. The predicted octanol–water partition coefficient (Wildman–Crippen LogP) is 6.33. The zero-order valence-electron chi connectivity index (χ0n) is 40.4. The number of aromatic nitrogens is 1. The summed E-state index contributed by atoms with van der Waals surface area (Å²) in [5.74, 6) is -3.85. The van der Waals surface area contributed by atoms with Crippen LogP contribution in [0, 0.1) is 35.5 Å². The van der Waals surface area contributed by atoms with E-state index < -0.39 is 48.0 Å². The number of amides is 3. The highest BCUT2D eigenvalue weighted by Gasteiger charge is 2.42. The molecule has 0 saturated carbocycles. The van der Waals surface area contributed by atoms with Crippen molar-refractivity contribution in [3.8, 4) is 0 Å². The molecule has 10 atom stereocenters. The molecule has 3 amide bonds. The lowest BCUT2D eigenvalue weighted by Crippen LogP contribution is -2.55. The van der Waals surface area contributed by atoms with Gasteiger partial charge in [-0.05, 0) is 81.0 Å². The number of methoxy groups -OCH3 is 2. The first-order valence-electron chi connectivity index (χ1n) is 23.5. The van der Waals surface area contributed by atoms with Gasteiger partial charge in [-0.15, -0.1) is 0 Å². The molecule has 0 spiro atoms. The maximum atomic E-state index is 14.2. The molecule has 0 bridgehead atoms. The summed E-state index contributed by atoms with van der Waals surface area (Å²) in [4.78, 5) is 85.7. The van der Waals surface area contributed by atoms with Crippen molar-refractivity contribution in [2.45, 2.75) is 156 Å². The third kappa shape index (κ3) is 14.8. The van der Waals surface area contributed by atoms with E-state index in [1.807, 2.05) is 70.8 Å². The second-order valence-corrected chi connectivity index (χ2v) is 18.9. The number of rotatable bonds is 29. The molecule has 1 aliphatic heterocycles. The van der Waals surface area contributed by atoms with Gasteiger partial charge in [-0.25, -0.2) is 4.79 Å². The van der Waals surface area contributed by atoms with E-state index in [4.69, 9.17) is 14.6 Å². The summed E-state index contributed by atoms with van der Waals surface area (Å²) in [6.07, 6.45) is 5.69. The van der Waals surface area contributed by atoms with Gasteiger partial charge in [-0.2, -0.15) is 0 Å². The number of likely N-dealkylation sites (tertiary alicyclic amines) is 1. The van der Waals surface area contributed by atoms with Gasteiger partial charge in [0.15, 0.2) is 5.78 Å². The Balaban J connectivity index is 1.65. The lowest BCUT2D eigenvalue weighted by atomic mass is 9.80. The molecule has 15 nitrogen and oxygen atoms in total. The van der Waals surface area contributed by atoms with Crippen LogP contribution >= 0.6 is 0 Å². The molecule has 1 aliphatic rings. The van der Waals surface area contributed by atoms with Crippen LogP contribution in [0.25, 0.3) is 10.9 Å². The zero-order chi connectivity index (χ0) is 47.8. The molecular formula is C49H79N5O10. The molecule has 5 N–H and O–H groups in total. The number of aliphatic carboxylic acids is 2. The van der Waals surface area contributed by atoms with E-state index >= 15 is 0 Å². The Hall–Kier alpha value is -4.34. The molecule has 64 heavy (non-hydrogen) atoms.